The molecule has 0 spiro atoms. The number of benzene rings is 3. The van der Waals surface area contributed by atoms with Gasteiger partial charge in [-0.2, -0.15) is 5.26 Å². The third-order valence-electron chi connectivity index (χ3n) is 5.89. The van der Waals surface area contributed by atoms with Crippen molar-refractivity contribution < 1.29 is 29.5 Å². The lowest BCUT2D eigenvalue weighted by Crippen LogP contribution is -2.19. The molecule has 0 radical (unpaired) electrons. The molecule has 1 atom stereocenters. The zero-order valence-corrected chi connectivity index (χ0v) is 19.6. The number of nitriles is 1. The molecule has 0 aliphatic rings. The molecular weight excluding hydrogens is 478 g/mol. The quantitative estimate of drug-likeness (QED) is 0.171. The Labute approximate surface area is 210 Å². The predicted octanol–water partition coefficient (Wildman–Crippen LogP) is 5.11. The number of aromatic nitrogens is 1. The van der Waals surface area contributed by atoms with Gasteiger partial charge in [0.1, 0.15) is 5.75 Å². The number of carbonyl (C=O) groups is 2. The minimum Gasteiger partial charge on any atom is -0.507 e. The number of non-ortho nitro benzene ring substituents is 1. The van der Waals surface area contributed by atoms with E-state index in [2.05, 4.69) is 11.1 Å². The molecule has 3 aromatic carbocycles. The molecule has 3 N–H and O–H groups in total. The first kappa shape index (κ1) is 24.9. The van der Waals surface area contributed by atoms with Crippen LogP contribution in [0, 0.1) is 21.4 Å². The third-order valence-corrected chi connectivity index (χ3v) is 5.89. The van der Waals surface area contributed by atoms with Crippen molar-refractivity contribution in [2.24, 2.45) is 0 Å². The van der Waals surface area contributed by atoms with Crippen LogP contribution < -0.4 is 0 Å². The topological polar surface area (TPSA) is 167 Å². The fourth-order valence-electron chi connectivity index (χ4n) is 4.17. The number of carboxylic acid groups (broad SMARTS) is 1. The van der Waals surface area contributed by atoms with Crippen LogP contribution in [0.2, 0.25) is 0 Å². The highest BCUT2D eigenvalue weighted by molar-refractivity contribution is 5.92. The van der Waals surface area contributed by atoms with Crippen LogP contribution >= 0.6 is 0 Å². The number of hydrogen-bond donors (Lipinski definition) is 3. The minimum absolute atomic E-state index is 0.0425. The molecule has 0 aliphatic carbocycles. The van der Waals surface area contributed by atoms with E-state index in [1.165, 1.54) is 30.3 Å². The molecule has 10 heteroatoms. The van der Waals surface area contributed by atoms with Gasteiger partial charge in [-0.3, -0.25) is 19.7 Å². The number of carboxylic acids is 1. The SMILES string of the molecule is CCOC(=O)C(CC(=O)O)c1cc(-c2cccc([N+](=O)[O-])c2)c(O)c(-c2cc3cc(C#N)ccc3[nH]2)c1. The Kier molecular flexibility index (Phi) is 6.88. The van der Waals surface area contributed by atoms with Gasteiger partial charge in [-0.25, -0.2) is 0 Å². The maximum atomic E-state index is 12.7. The van der Waals surface area contributed by atoms with E-state index >= 15 is 0 Å². The van der Waals surface area contributed by atoms with Crippen LogP contribution in [0.5, 0.6) is 5.75 Å². The van der Waals surface area contributed by atoms with Crippen LogP contribution in [0.25, 0.3) is 33.3 Å². The van der Waals surface area contributed by atoms with Gasteiger partial charge in [-0.1, -0.05) is 12.1 Å². The van der Waals surface area contributed by atoms with Gasteiger partial charge in [-0.15, -0.1) is 0 Å². The number of nitro benzene ring substituents is 1. The van der Waals surface area contributed by atoms with E-state index in [9.17, 15) is 35.2 Å². The summed E-state index contributed by atoms with van der Waals surface area (Å²) in [5.41, 5.74) is 2.34. The minimum atomic E-state index is -1.22. The average Bonchev–Trinajstić information content (AvgIpc) is 3.30. The summed E-state index contributed by atoms with van der Waals surface area (Å²) in [6, 6.07) is 17.4. The van der Waals surface area contributed by atoms with Crippen LogP contribution in [0.4, 0.5) is 5.69 Å². The Morgan fingerprint density at radius 2 is 1.89 bits per heavy atom. The van der Waals surface area contributed by atoms with E-state index in [4.69, 9.17) is 4.74 Å². The van der Waals surface area contributed by atoms with E-state index in [1.807, 2.05) is 0 Å². The second-order valence-electron chi connectivity index (χ2n) is 8.27. The highest BCUT2D eigenvalue weighted by Gasteiger charge is 2.28. The molecule has 0 aliphatic heterocycles. The zero-order chi connectivity index (χ0) is 26.7. The number of ether oxygens (including phenoxy) is 1. The summed E-state index contributed by atoms with van der Waals surface area (Å²) in [5, 5.41) is 42.0. The Bertz CT molecular complexity index is 1580. The first-order chi connectivity index (χ1) is 17.7. The number of H-pyrrole nitrogens is 1. The van der Waals surface area contributed by atoms with Crippen molar-refractivity contribution in [1.29, 1.82) is 5.26 Å². The van der Waals surface area contributed by atoms with Gasteiger partial charge < -0.3 is 19.9 Å². The fraction of sp³-hybridized carbons (Fsp3) is 0.148. The van der Waals surface area contributed by atoms with Gasteiger partial charge in [-0.05, 0) is 54.4 Å². The van der Waals surface area contributed by atoms with Crippen molar-refractivity contribution >= 4 is 28.5 Å². The maximum Gasteiger partial charge on any atom is 0.313 e. The number of esters is 1. The first-order valence-electron chi connectivity index (χ1n) is 11.2. The Morgan fingerprint density at radius 3 is 2.57 bits per heavy atom. The van der Waals surface area contributed by atoms with E-state index in [-0.39, 0.29) is 34.7 Å². The summed E-state index contributed by atoms with van der Waals surface area (Å²) in [4.78, 5) is 38.3. The smallest absolute Gasteiger partial charge is 0.313 e. The molecule has 1 unspecified atom stereocenters. The number of nitrogens with zero attached hydrogens (tertiary/aromatic N) is 2. The molecule has 0 saturated heterocycles. The van der Waals surface area contributed by atoms with Crippen LogP contribution in [-0.4, -0.2) is 38.7 Å². The number of rotatable bonds is 8. The Morgan fingerprint density at radius 1 is 1.14 bits per heavy atom. The highest BCUT2D eigenvalue weighted by atomic mass is 16.6. The molecule has 1 aromatic heterocycles. The molecule has 10 nitrogen and oxygen atoms in total. The van der Waals surface area contributed by atoms with Crippen LogP contribution in [-0.2, 0) is 14.3 Å². The largest absolute Gasteiger partial charge is 0.507 e. The molecule has 0 fully saturated rings. The summed E-state index contributed by atoms with van der Waals surface area (Å²) in [5.74, 6) is -3.39. The average molecular weight is 499 g/mol. The lowest BCUT2D eigenvalue weighted by molar-refractivity contribution is -0.384. The number of carbonyl (C=O) groups excluding carboxylic acids is 1. The third kappa shape index (κ3) is 5.11. The summed E-state index contributed by atoms with van der Waals surface area (Å²) in [7, 11) is 0. The van der Waals surface area contributed by atoms with Crippen LogP contribution in [0.15, 0.2) is 60.7 Å². The number of phenols is 1. The number of aromatic hydroxyl groups is 1. The van der Waals surface area contributed by atoms with E-state index < -0.39 is 29.2 Å². The predicted molar refractivity (Wildman–Crippen MR) is 134 cm³/mol. The van der Waals surface area contributed by atoms with Crippen LogP contribution in [0.1, 0.15) is 30.4 Å². The summed E-state index contributed by atoms with van der Waals surface area (Å²) in [6.07, 6.45) is -0.560. The maximum absolute atomic E-state index is 12.7. The van der Waals surface area contributed by atoms with Gasteiger partial charge in [0.05, 0.1) is 41.2 Å². The number of phenolic OH excluding ortho intramolecular Hbond substituents is 1. The fourth-order valence-corrected chi connectivity index (χ4v) is 4.17. The second kappa shape index (κ2) is 10.2. The molecule has 0 amide bonds. The zero-order valence-electron chi connectivity index (χ0n) is 19.6. The van der Waals surface area contributed by atoms with E-state index in [0.29, 0.717) is 27.7 Å². The summed E-state index contributed by atoms with van der Waals surface area (Å²) in [6.45, 7) is 1.65. The lowest BCUT2D eigenvalue weighted by Gasteiger charge is -2.18. The van der Waals surface area contributed by atoms with E-state index in [0.717, 1.165) is 0 Å². The molecule has 186 valence electrons. The van der Waals surface area contributed by atoms with E-state index in [1.54, 1.807) is 37.3 Å². The number of fused-ring (bicyclic) bond motifs is 1. The second-order valence-corrected chi connectivity index (χ2v) is 8.27. The number of aliphatic carboxylic acids is 1. The van der Waals surface area contributed by atoms with Crippen LogP contribution in [0.3, 0.4) is 0 Å². The van der Waals surface area contributed by atoms with Gasteiger partial charge in [0.25, 0.3) is 5.69 Å². The van der Waals surface area contributed by atoms with Gasteiger partial charge in [0, 0.05) is 34.2 Å². The van der Waals surface area contributed by atoms with Crippen molar-refractivity contribution in [3.63, 3.8) is 0 Å². The summed E-state index contributed by atoms with van der Waals surface area (Å²) >= 11 is 0. The molecular formula is C27H21N3O7. The van der Waals surface area contributed by atoms with Crippen molar-refractivity contribution in [1.82, 2.24) is 4.98 Å². The number of hydrogen-bond acceptors (Lipinski definition) is 7. The molecule has 4 aromatic rings. The van der Waals surface area contributed by atoms with Crippen molar-refractivity contribution in [2.75, 3.05) is 6.61 Å². The molecule has 0 bridgehead atoms. The Hall–Kier alpha value is -5.17. The highest BCUT2D eigenvalue weighted by Crippen LogP contribution is 2.42. The van der Waals surface area contributed by atoms with Crippen molar-refractivity contribution in [2.45, 2.75) is 19.3 Å². The molecule has 4 rings (SSSR count). The van der Waals surface area contributed by atoms with Crippen molar-refractivity contribution in [3.05, 3.63) is 81.9 Å². The molecule has 37 heavy (non-hydrogen) atoms. The van der Waals surface area contributed by atoms with Gasteiger partial charge in [0.15, 0.2) is 0 Å². The standard InChI is InChI=1S/C27H21N3O7/c1-2-37-27(34)21(13-25(31)32)17-10-20(16-4-3-5-19(9-16)30(35)36)26(33)22(11-17)24-12-18-8-15(14-28)6-7-23(18)29-24/h3-12,21,29,33H,2,13H2,1H3,(H,31,32). The molecule has 1 heterocycles. The number of nitro groups is 1. The monoisotopic (exact) mass is 499 g/mol. The lowest BCUT2D eigenvalue weighted by atomic mass is 9.89. The Balaban J connectivity index is 1.98. The first-order valence-corrected chi connectivity index (χ1v) is 11.2. The molecule has 0 saturated carbocycles. The summed E-state index contributed by atoms with van der Waals surface area (Å²) < 4.78 is 5.11. The van der Waals surface area contributed by atoms with Gasteiger partial charge in [0.2, 0.25) is 0 Å². The van der Waals surface area contributed by atoms with Gasteiger partial charge >= 0.3 is 11.9 Å². The van der Waals surface area contributed by atoms with Crippen molar-refractivity contribution in [3.8, 4) is 34.2 Å². The number of aromatic amines is 1. The number of nitrogens with one attached hydrogen (secondary N) is 1. The normalized spacial score (nSPS) is 11.6.